The van der Waals surface area contributed by atoms with Crippen molar-refractivity contribution in [2.45, 2.75) is 26.3 Å². The third-order valence-corrected chi connectivity index (χ3v) is 3.25. The minimum Gasteiger partial charge on any atom is -0.349 e. The molecule has 1 aromatic rings. The number of benzene rings is 1. The molecule has 0 aromatic heterocycles. The summed E-state index contributed by atoms with van der Waals surface area (Å²) < 4.78 is 0. The van der Waals surface area contributed by atoms with E-state index >= 15 is 0 Å². The third-order valence-electron chi connectivity index (χ3n) is 3.25. The molecule has 0 heterocycles. The van der Waals surface area contributed by atoms with Gasteiger partial charge in [0.2, 0.25) is 0 Å². The lowest BCUT2D eigenvalue weighted by molar-refractivity contribution is 0.0949. The second-order valence-electron chi connectivity index (χ2n) is 4.83. The average molecular weight is 242 g/mol. The van der Waals surface area contributed by atoms with Crippen molar-refractivity contribution in [3.63, 3.8) is 0 Å². The zero-order valence-corrected chi connectivity index (χ0v) is 10.8. The lowest BCUT2D eigenvalue weighted by atomic mass is 10.0. The Bertz CT molecular complexity index is 525. The number of nitrogens with one attached hydrogen (secondary N) is 1. The van der Waals surface area contributed by atoms with E-state index < -0.39 is 0 Å². The summed E-state index contributed by atoms with van der Waals surface area (Å²) in [4.78, 5) is 12.0. The molecular weight excluding hydrogens is 224 g/mol. The number of carbonyl (C=O) groups excluding carboxylic acids is 1. The first-order valence-corrected chi connectivity index (χ1v) is 6.22. The van der Waals surface area contributed by atoms with Crippen LogP contribution in [0.5, 0.6) is 0 Å². The van der Waals surface area contributed by atoms with Gasteiger partial charge in [-0.05, 0) is 37.0 Å². The number of amides is 1. The van der Waals surface area contributed by atoms with E-state index in [4.69, 9.17) is 5.73 Å². The lowest BCUT2D eigenvalue weighted by Crippen LogP contribution is -2.26. The molecule has 0 bridgehead atoms. The van der Waals surface area contributed by atoms with Crippen molar-refractivity contribution in [3.8, 4) is 11.8 Å². The standard InChI is InChI=1S/C15H18N2O/c1-10-5-6-13(9-12(10)4-3-7-16)15(18)17-14-8-11(14)2/h5-6,9,11,14H,7-8,16H2,1-2H3,(H,17,18). The topological polar surface area (TPSA) is 55.1 Å². The van der Waals surface area contributed by atoms with Crippen molar-refractivity contribution in [2.24, 2.45) is 11.7 Å². The van der Waals surface area contributed by atoms with E-state index in [-0.39, 0.29) is 5.91 Å². The molecule has 0 aliphatic heterocycles. The van der Waals surface area contributed by atoms with Gasteiger partial charge in [-0.3, -0.25) is 4.79 Å². The van der Waals surface area contributed by atoms with Crippen molar-refractivity contribution in [2.75, 3.05) is 6.54 Å². The minimum atomic E-state index is -0.0138. The fourth-order valence-electron chi connectivity index (χ4n) is 1.82. The molecule has 3 nitrogen and oxygen atoms in total. The number of carbonyl (C=O) groups is 1. The molecule has 0 radical (unpaired) electrons. The second kappa shape index (κ2) is 5.24. The van der Waals surface area contributed by atoms with Gasteiger partial charge in [0.1, 0.15) is 0 Å². The van der Waals surface area contributed by atoms with Gasteiger partial charge in [-0.25, -0.2) is 0 Å². The van der Waals surface area contributed by atoms with Crippen molar-refractivity contribution < 1.29 is 4.79 Å². The maximum absolute atomic E-state index is 12.0. The third kappa shape index (κ3) is 2.91. The fraction of sp³-hybridized carbons (Fsp3) is 0.400. The van der Waals surface area contributed by atoms with E-state index in [1.807, 2.05) is 25.1 Å². The molecule has 0 spiro atoms. The number of rotatable bonds is 2. The van der Waals surface area contributed by atoms with Crippen LogP contribution in [-0.4, -0.2) is 18.5 Å². The predicted molar refractivity (Wildman–Crippen MR) is 72.1 cm³/mol. The van der Waals surface area contributed by atoms with E-state index in [0.29, 0.717) is 24.1 Å². The smallest absolute Gasteiger partial charge is 0.251 e. The highest BCUT2D eigenvalue weighted by atomic mass is 16.1. The van der Waals surface area contributed by atoms with Gasteiger partial charge >= 0.3 is 0 Å². The van der Waals surface area contributed by atoms with E-state index in [1.54, 1.807) is 0 Å². The van der Waals surface area contributed by atoms with Crippen LogP contribution in [0.2, 0.25) is 0 Å². The molecule has 2 unspecified atom stereocenters. The van der Waals surface area contributed by atoms with Crippen LogP contribution in [-0.2, 0) is 0 Å². The normalized spacial score (nSPS) is 20.8. The first-order valence-electron chi connectivity index (χ1n) is 6.22. The maximum atomic E-state index is 12.0. The Morgan fingerprint density at radius 3 is 2.89 bits per heavy atom. The van der Waals surface area contributed by atoms with Crippen LogP contribution in [0.15, 0.2) is 18.2 Å². The summed E-state index contributed by atoms with van der Waals surface area (Å²) in [5, 5.41) is 3.01. The summed E-state index contributed by atoms with van der Waals surface area (Å²) >= 11 is 0. The van der Waals surface area contributed by atoms with Crippen molar-refractivity contribution in [3.05, 3.63) is 34.9 Å². The highest BCUT2D eigenvalue weighted by molar-refractivity contribution is 5.95. The monoisotopic (exact) mass is 242 g/mol. The summed E-state index contributed by atoms with van der Waals surface area (Å²) in [7, 11) is 0. The van der Waals surface area contributed by atoms with Gasteiger partial charge in [0.05, 0.1) is 6.54 Å². The summed E-state index contributed by atoms with van der Waals surface area (Å²) in [6, 6.07) is 5.94. The first-order chi connectivity index (χ1) is 8.61. The highest BCUT2D eigenvalue weighted by Crippen LogP contribution is 2.29. The molecule has 3 heteroatoms. The second-order valence-corrected chi connectivity index (χ2v) is 4.83. The molecule has 3 N–H and O–H groups in total. The molecule has 1 amide bonds. The van der Waals surface area contributed by atoms with Gasteiger partial charge in [-0.1, -0.05) is 24.8 Å². The zero-order chi connectivity index (χ0) is 13.1. The molecule has 1 fully saturated rings. The largest absolute Gasteiger partial charge is 0.349 e. The van der Waals surface area contributed by atoms with E-state index in [0.717, 1.165) is 17.5 Å². The summed E-state index contributed by atoms with van der Waals surface area (Å²) in [6.07, 6.45) is 1.08. The molecule has 1 aromatic carbocycles. The Labute approximate surface area is 108 Å². The Morgan fingerprint density at radius 2 is 2.28 bits per heavy atom. The van der Waals surface area contributed by atoms with Gasteiger partial charge in [0.15, 0.2) is 0 Å². The minimum absolute atomic E-state index is 0.0138. The van der Waals surface area contributed by atoms with Crippen LogP contribution >= 0.6 is 0 Å². The van der Waals surface area contributed by atoms with Gasteiger partial charge in [-0.2, -0.15) is 0 Å². The number of hydrogen-bond acceptors (Lipinski definition) is 2. The molecular formula is C15H18N2O. The van der Waals surface area contributed by atoms with Gasteiger partial charge in [-0.15, -0.1) is 0 Å². The zero-order valence-electron chi connectivity index (χ0n) is 10.8. The maximum Gasteiger partial charge on any atom is 0.251 e. The summed E-state index contributed by atoms with van der Waals surface area (Å²) in [5.74, 6) is 6.40. The van der Waals surface area contributed by atoms with E-state index in [9.17, 15) is 4.79 Å². The summed E-state index contributed by atoms with van der Waals surface area (Å²) in [6.45, 7) is 4.44. The van der Waals surface area contributed by atoms with Crippen LogP contribution < -0.4 is 11.1 Å². The van der Waals surface area contributed by atoms with E-state index in [2.05, 4.69) is 24.1 Å². The fourth-order valence-corrected chi connectivity index (χ4v) is 1.82. The quantitative estimate of drug-likeness (QED) is 0.771. The van der Waals surface area contributed by atoms with E-state index in [1.165, 1.54) is 0 Å². The Morgan fingerprint density at radius 1 is 1.56 bits per heavy atom. The molecule has 0 saturated heterocycles. The van der Waals surface area contributed by atoms with Crippen LogP contribution in [0.4, 0.5) is 0 Å². The number of nitrogens with two attached hydrogens (primary N) is 1. The summed E-state index contributed by atoms with van der Waals surface area (Å²) in [5.41, 5.74) is 7.96. The molecule has 1 saturated carbocycles. The number of aryl methyl sites for hydroxylation is 1. The number of hydrogen-bond donors (Lipinski definition) is 2. The van der Waals surface area contributed by atoms with Crippen molar-refractivity contribution in [1.82, 2.24) is 5.32 Å². The van der Waals surface area contributed by atoms with Gasteiger partial charge < -0.3 is 11.1 Å². The molecule has 2 atom stereocenters. The van der Waals surface area contributed by atoms with Crippen LogP contribution in [0, 0.1) is 24.7 Å². The van der Waals surface area contributed by atoms with Crippen LogP contribution in [0.3, 0.4) is 0 Å². The SMILES string of the molecule is Cc1ccc(C(=O)NC2CC2C)cc1C#CCN. The van der Waals surface area contributed by atoms with Gasteiger partial charge in [0.25, 0.3) is 5.91 Å². The molecule has 2 rings (SSSR count). The Kier molecular flexibility index (Phi) is 3.69. The van der Waals surface area contributed by atoms with Gasteiger partial charge in [0, 0.05) is 17.2 Å². The molecule has 94 valence electrons. The molecule has 1 aliphatic rings. The molecule has 18 heavy (non-hydrogen) atoms. The average Bonchev–Trinajstić information content (AvgIpc) is 3.03. The molecule has 1 aliphatic carbocycles. The van der Waals surface area contributed by atoms with Crippen molar-refractivity contribution >= 4 is 5.91 Å². The van der Waals surface area contributed by atoms with Crippen molar-refractivity contribution in [1.29, 1.82) is 0 Å². The highest BCUT2D eigenvalue weighted by Gasteiger charge is 2.33. The Balaban J connectivity index is 2.15. The predicted octanol–water partition coefficient (Wildman–Crippen LogP) is 1.44. The Hall–Kier alpha value is -1.79. The first kappa shape index (κ1) is 12.7. The van der Waals surface area contributed by atoms with Crippen LogP contribution in [0.1, 0.15) is 34.8 Å². The van der Waals surface area contributed by atoms with Crippen LogP contribution in [0.25, 0.3) is 0 Å². The lowest BCUT2D eigenvalue weighted by Gasteiger charge is -2.06.